The molecule has 1 aliphatic carbocycles. The average molecular weight is 273 g/mol. The number of nitrogens with one attached hydrogen (secondary N) is 1. The van der Waals surface area contributed by atoms with Crippen LogP contribution in [0.5, 0.6) is 0 Å². The second kappa shape index (κ2) is 4.80. The van der Waals surface area contributed by atoms with Crippen LogP contribution in [0.3, 0.4) is 0 Å². The van der Waals surface area contributed by atoms with Gasteiger partial charge in [0.05, 0.1) is 11.7 Å². The lowest BCUT2D eigenvalue weighted by atomic mass is 10.1. The smallest absolute Gasteiger partial charge is 0.387 e. The van der Waals surface area contributed by atoms with Crippen LogP contribution in [0.1, 0.15) is 37.5 Å². The number of hydrogen-bond donors (Lipinski definition) is 2. The van der Waals surface area contributed by atoms with Gasteiger partial charge in [-0.05, 0) is 29.5 Å². The quantitative estimate of drug-likeness (QED) is 0.883. The predicted octanol–water partition coefficient (Wildman–Crippen LogP) is 3.13. The van der Waals surface area contributed by atoms with Gasteiger partial charge in [0, 0.05) is 12.6 Å². The molecule has 2 unspecified atom stereocenters. The fourth-order valence-corrected chi connectivity index (χ4v) is 2.11. The van der Waals surface area contributed by atoms with Gasteiger partial charge in [-0.25, -0.2) is 0 Å². The van der Waals surface area contributed by atoms with Gasteiger partial charge in [-0.3, -0.25) is 0 Å². The Hall–Kier alpha value is -1.07. The maximum atomic E-state index is 12.6. The Labute approximate surface area is 110 Å². The molecule has 0 saturated heterocycles. The molecule has 1 aromatic rings. The van der Waals surface area contributed by atoms with E-state index >= 15 is 0 Å². The Morgan fingerprint density at radius 1 is 1.42 bits per heavy atom. The zero-order valence-electron chi connectivity index (χ0n) is 11.0. The molecule has 1 aromatic carbocycles. The minimum absolute atomic E-state index is 0.230. The molecule has 0 aliphatic heterocycles. The minimum Gasteiger partial charge on any atom is -0.387 e. The van der Waals surface area contributed by atoms with Gasteiger partial charge in [0.2, 0.25) is 0 Å². The molecule has 0 amide bonds. The van der Waals surface area contributed by atoms with Gasteiger partial charge >= 0.3 is 6.18 Å². The van der Waals surface area contributed by atoms with Crippen molar-refractivity contribution >= 4 is 0 Å². The van der Waals surface area contributed by atoms with Crippen LogP contribution in [0.15, 0.2) is 24.3 Å². The zero-order valence-corrected chi connectivity index (χ0v) is 11.0. The molecule has 19 heavy (non-hydrogen) atoms. The third kappa shape index (κ3) is 3.48. The second-order valence-corrected chi connectivity index (χ2v) is 5.79. The number of aliphatic hydroxyl groups excluding tert-OH is 1. The van der Waals surface area contributed by atoms with E-state index in [9.17, 15) is 18.3 Å². The summed E-state index contributed by atoms with van der Waals surface area (Å²) in [4.78, 5) is 0. The van der Waals surface area contributed by atoms with Crippen LogP contribution in [0.4, 0.5) is 13.2 Å². The summed E-state index contributed by atoms with van der Waals surface area (Å²) in [6, 6.07) is 5.19. The van der Waals surface area contributed by atoms with Gasteiger partial charge < -0.3 is 10.4 Å². The summed E-state index contributed by atoms with van der Waals surface area (Å²) in [6.45, 7) is 4.50. The van der Waals surface area contributed by atoms with E-state index in [1.54, 1.807) is 0 Å². The van der Waals surface area contributed by atoms with Crippen LogP contribution in [-0.4, -0.2) is 17.7 Å². The van der Waals surface area contributed by atoms with E-state index in [0.717, 1.165) is 18.6 Å². The van der Waals surface area contributed by atoms with E-state index in [-0.39, 0.29) is 12.0 Å². The van der Waals surface area contributed by atoms with Gasteiger partial charge in [0.15, 0.2) is 0 Å². The fourth-order valence-electron chi connectivity index (χ4n) is 2.11. The van der Waals surface area contributed by atoms with Crippen molar-refractivity contribution in [1.82, 2.24) is 5.32 Å². The van der Waals surface area contributed by atoms with Gasteiger partial charge in [-0.1, -0.05) is 26.0 Å². The molecule has 2 N–H and O–H groups in total. The number of benzene rings is 1. The van der Waals surface area contributed by atoms with Crippen molar-refractivity contribution in [2.45, 2.75) is 38.6 Å². The maximum absolute atomic E-state index is 12.6. The highest BCUT2D eigenvalue weighted by atomic mass is 19.4. The number of halogens is 3. The van der Waals surface area contributed by atoms with Crippen molar-refractivity contribution in [3.05, 3.63) is 35.4 Å². The minimum atomic E-state index is -4.37. The standard InChI is InChI=1S/C14H18F3NO/c1-13(2)7-12(13)18-8-11(19)9-4-3-5-10(6-9)14(15,16)17/h3-6,11-12,18-19H,7-8H2,1-2H3. The third-order valence-corrected chi connectivity index (χ3v) is 3.67. The maximum Gasteiger partial charge on any atom is 0.416 e. The molecule has 0 heterocycles. The van der Waals surface area contributed by atoms with E-state index in [0.29, 0.717) is 11.6 Å². The van der Waals surface area contributed by atoms with E-state index in [1.165, 1.54) is 12.1 Å². The Bertz CT molecular complexity index is 456. The highest BCUT2D eigenvalue weighted by molar-refractivity contribution is 5.27. The van der Waals surface area contributed by atoms with Crippen molar-refractivity contribution in [2.24, 2.45) is 5.41 Å². The molecule has 5 heteroatoms. The summed E-state index contributed by atoms with van der Waals surface area (Å²) < 4.78 is 37.7. The fraction of sp³-hybridized carbons (Fsp3) is 0.571. The SMILES string of the molecule is CC1(C)CC1NCC(O)c1cccc(C(F)(F)F)c1. The van der Waals surface area contributed by atoms with E-state index in [2.05, 4.69) is 19.2 Å². The first-order valence-corrected chi connectivity index (χ1v) is 6.29. The molecule has 1 aliphatic rings. The van der Waals surface area contributed by atoms with Crippen molar-refractivity contribution in [3.63, 3.8) is 0 Å². The predicted molar refractivity (Wildman–Crippen MR) is 66.6 cm³/mol. The Morgan fingerprint density at radius 2 is 2.05 bits per heavy atom. The highest BCUT2D eigenvalue weighted by Crippen LogP contribution is 2.44. The number of rotatable bonds is 4. The van der Waals surface area contributed by atoms with Crippen molar-refractivity contribution in [3.8, 4) is 0 Å². The van der Waals surface area contributed by atoms with Crippen molar-refractivity contribution < 1.29 is 18.3 Å². The van der Waals surface area contributed by atoms with Crippen molar-refractivity contribution in [1.29, 1.82) is 0 Å². The molecule has 2 atom stereocenters. The summed E-state index contributed by atoms with van der Waals surface area (Å²) in [5, 5.41) is 13.1. The van der Waals surface area contributed by atoms with Gasteiger partial charge in [0.25, 0.3) is 0 Å². The van der Waals surface area contributed by atoms with Crippen LogP contribution in [0.2, 0.25) is 0 Å². The first kappa shape index (κ1) is 14.3. The molecule has 106 valence electrons. The first-order chi connectivity index (χ1) is 8.70. The third-order valence-electron chi connectivity index (χ3n) is 3.67. The summed E-state index contributed by atoms with van der Waals surface area (Å²) in [6.07, 6.45) is -4.26. The van der Waals surface area contributed by atoms with E-state index in [4.69, 9.17) is 0 Å². The van der Waals surface area contributed by atoms with E-state index in [1.807, 2.05) is 0 Å². The summed E-state index contributed by atoms with van der Waals surface area (Å²) in [5.74, 6) is 0. The Morgan fingerprint density at radius 3 is 2.58 bits per heavy atom. The molecule has 0 bridgehead atoms. The van der Waals surface area contributed by atoms with Gasteiger partial charge in [-0.2, -0.15) is 13.2 Å². The number of aliphatic hydroxyl groups is 1. The van der Waals surface area contributed by atoms with Crippen LogP contribution < -0.4 is 5.32 Å². The topological polar surface area (TPSA) is 32.3 Å². The highest BCUT2D eigenvalue weighted by Gasteiger charge is 2.45. The molecule has 0 radical (unpaired) electrons. The Kier molecular flexibility index (Phi) is 3.62. The lowest BCUT2D eigenvalue weighted by Gasteiger charge is -2.15. The van der Waals surface area contributed by atoms with Crippen LogP contribution >= 0.6 is 0 Å². The molecule has 0 aromatic heterocycles. The molecule has 1 fully saturated rings. The molecule has 2 nitrogen and oxygen atoms in total. The summed E-state index contributed by atoms with van der Waals surface area (Å²) in [5.41, 5.74) is -0.204. The molecular weight excluding hydrogens is 255 g/mol. The number of hydrogen-bond acceptors (Lipinski definition) is 2. The summed E-state index contributed by atoms with van der Waals surface area (Å²) >= 11 is 0. The summed E-state index contributed by atoms with van der Waals surface area (Å²) in [7, 11) is 0. The normalized spacial score (nSPS) is 23.2. The largest absolute Gasteiger partial charge is 0.416 e. The molecule has 1 saturated carbocycles. The van der Waals surface area contributed by atoms with Crippen LogP contribution in [0.25, 0.3) is 0 Å². The lowest BCUT2D eigenvalue weighted by Crippen LogP contribution is -2.26. The van der Waals surface area contributed by atoms with Crippen molar-refractivity contribution in [2.75, 3.05) is 6.54 Å². The first-order valence-electron chi connectivity index (χ1n) is 6.29. The Balaban J connectivity index is 1.97. The average Bonchev–Trinajstić information content (AvgIpc) is 2.93. The monoisotopic (exact) mass is 273 g/mol. The molecular formula is C14H18F3NO. The lowest BCUT2D eigenvalue weighted by molar-refractivity contribution is -0.137. The zero-order chi connectivity index (χ0) is 14.3. The van der Waals surface area contributed by atoms with E-state index < -0.39 is 17.8 Å². The van der Waals surface area contributed by atoms with Crippen LogP contribution in [0, 0.1) is 5.41 Å². The number of alkyl halides is 3. The second-order valence-electron chi connectivity index (χ2n) is 5.79. The van der Waals surface area contributed by atoms with Crippen LogP contribution in [-0.2, 0) is 6.18 Å². The van der Waals surface area contributed by atoms with Gasteiger partial charge in [-0.15, -0.1) is 0 Å². The molecule has 0 spiro atoms. The van der Waals surface area contributed by atoms with Gasteiger partial charge in [0.1, 0.15) is 0 Å². The molecule has 2 rings (SSSR count).